The molecule has 1 aromatic heterocycles. The smallest absolute Gasteiger partial charge is 0.229 e. The number of hydrogen-bond donors (Lipinski definition) is 2. The van der Waals surface area contributed by atoms with Gasteiger partial charge in [0, 0.05) is 12.3 Å². The van der Waals surface area contributed by atoms with Crippen LogP contribution < -0.4 is 5.32 Å². The Kier molecular flexibility index (Phi) is 4.98. The molecule has 1 saturated carbocycles. The quantitative estimate of drug-likeness (QED) is 0.840. The van der Waals surface area contributed by atoms with Gasteiger partial charge < -0.3 is 10.4 Å². The highest BCUT2D eigenvalue weighted by atomic mass is 16.2. The molecule has 1 unspecified atom stereocenters. The summed E-state index contributed by atoms with van der Waals surface area (Å²) in [5, 5.41) is 11.6. The number of pyridine rings is 1. The zero-order valence-electron chi connectivity index (χ0n) is 12.6. The first kappa shape index (κ1) is 15.5. The summed E-state index contributed by atoms with van der Waals surface area (Å²) >= 11 is 0. The van der Waals surface area contributed by atoms with Gasteiger partial charge in [0.1, 0.15) is 11.5 Å². The molecule has 1 atom stereocenters. The number of amides is 1. The highest BCUT2D eigenvalue weighted by Gasteiger charge is 2.39. The first-order valence-electron chi connectivity index (χ1n) is 7.40. The number of carbonyl (C=O) groups is 1. The lowest BCUT2D eigenvalue weighted by Crippen LogP contribution is -2.31. The Labute approximate surface area is 126 Å². The molecule has 21 heavy (non-hydrogen) atoms. The van der Waals surface area contributed by atoms with E-state index in [4.69, 9.17) is 5.11 Å². The Morgan fingerprint density at radius 2 is 2.33 bits per heavy atom. The van der Waals surface area contributed by atoms with Crippen molar-refractivity contribution in [2.75, 3.05) is 11.9 Å². The van der Waals surface area contributed by atoms with E-state index in [1.165, 1.54) is 0 Å². The monoisotopic (exact) mass is 286 g/mol. The van der Waals surface area contributed by atoms with E-state index in [0.717, 1.165) is 19.3 Å². The molecule has 2 N–H and O–H groups in total. The van der Waals surface area contributed by atoms with Gasteiger partial charge in [0.2, 0.25) is 5.91 Å². The van der Waals surface area contributed by atoms with E-state index in [0.29, 0.717) is 17.9 Å². The molecule has 0 bridgehead atoms. The van der Waals surface area contributed by atoms with Crippen LogP contribution in [0.4, 0.5) is 5.82 Å². The highest BCUT2D eigenvalue weighted by Crippen LogP contribution is 2.42. The summed E-state index contributed by atoms with van der Waals surface area (Å²) < 4.78 is 0. The SMILES string of the molecule is CC1(C)CCCC1C(=O)Nc1cccc(C#CCCO)n1. The fourth-order valence-electron chi connectivity index (χ4n) is 2.81. The van der Waals surface area contributed by atoms with Gasteiger partial charge in [-0.25, -0.2) is 4.98 Å². The molecule has 1 fully saturated rings. The van der Waals surface area contributed by atoms with Crippen molar-refractivity contribution < 1.29 is 9.90 Å². The number of carbonyl (C=O) groups excluding carboxylic acids is 1. The molecule has 0 spiro atoms. The van der Waals surface area contributed by atoms with Crippen LogP contribution in [0.25, 0.3) is 0 Å². The summed E-state index contributed by atoms with van der Waals surface area (Å²) in [5.74, 6) is 6.33. The predicted molar refractivity (Wildman–Crippen MR) is 82.6 cm³/mol. The van der Waals surface area contributed by atoms with Crippen LogP contribution in [-0.2, 0) is 4.79 Å². The van der Waals surface area contributed by atoms with E-state index in [-0.39, 0.29) is 23.8 Å². The molecular weight excluding hydrogens is 264 g/mol. The lowest BCUT2D eigenvalue weighted by Gasteiger charge is -2.25. The van der Waals surface area contributed by atoms with Crippen molar-refractivity contribution in [2.24, 2.45) is 11.3 Å². The topological polar surface area (TPSA) is 62.2 Å². The summed E-state index contributed by atoms with van der Waals surface area (Å²) in [6, 6.07) is 5.39. The lowest BCUT2D eigenvalue weighted by atomic mass is 9.81. The second-order valence-electron chi connectivity index (χ2n) is 6.11. The number of aromatic nitrogens is 1. The number of nitrogens with zero attached hydrogens (tertiary/aromatic N) is 1. The normalized spacial score (nSPS) is 19.7. The highest BCUT2D eigenvalue weighted by molar-refractivity contribution is 5.92. The maximum absolute atomic E-state index is 12.4. The van der Waals surface area contributed by atoms with E-state index < -0.39 is 0 Å². The van der Waals surface area contributed by atoms with E-state index in [1.807, 2.05) is 6.07 Å². The van der Waals surface area contributed by atoms with E-state index in [2.05, 4.69) is 36.0 Å². The average Bonchev–Trinajstić information content (AvgIpc) is 2.79. The zero-order valence-corrected chi connectivity index (χ0v) is 12.6. The van der Waals surface area contributed by atoms with Crippen LogP contribution >= 0.6 is 0 Å². The van der Waals surface area contributed by atoms with Crippen LogP contribution in [0.5, 0.6) is 0 Å². The van der Waals surface area contributed by atoms with Crippen LogP contribution in [0, 0.1) is 23.2 Å². The zero-order chi connectivity index (χ0) is 15.3. The van der Waals surface area contributed by atoms with Crippen LogP contribution in [0.3, 0.4) is 0 Å². The van der Waals surface area contributed by atoms with Gasteiger partial charge in [-0.1, -0.05) is 32.3 Å². The molecule has 2 rings (SSSR count). The van der Waals surface area contributed by atoms with Crippen LogP contribution in [0.15, 0.2) is 18.2 Å². The van der Waals surface area contributed by atoms with Crippen molar-refractivity contribution in [1.82, 2.24) is 4.98 Å². The van der Waals surface area contributed by atoms with Gasteiger partial charge >= 0.3 is 0 Å². The third kappa shape index (κ3) is 4.05. The Morgan fingerprint density at radius 1 is 1.52 bits per heavy atom. The van der Waals surface area contributed by atoms with Gasteiger partial charge in [0.05, 0.1) is 6.61 Å². The van der Waals surface area contributed by atoms with Crippen molar-refractivity contribution in [3.05, 3.63) is 23.9 Å². The first-order chi connectivity index (χ1) is 10.0. The van der Waals surface area contributed by atoms with Gasteiger partial charge in [-0.2, -0.15) is 0 Å². The molecule has 0 aliphatic heterocycles. The molecule has 0 saturated heterocycles. The van der Waals surface area contributed by atoms with E-state index in [1.54, 1.807) is 12.1 Å². The molecule has 1 aromatic rings. The fourth-order valence-corrected chi connectivity index (χ4v) is 2.81. The van der Waals surface area contributed by atoms with Gasteiger partial charge in [-0.05, 0) is 36.3 Å². The van der Waals surface area contributed by atoms with Crippen LogP contribution in [0.1, 0.15) is 45.2 Å². The van der Waals surface area contributed by atoms with Gasteiger partial charge in [-0.3, -0.25) is 4.79 Å². The third-order valence-electron chi connectivity index (χ3n) is 4.03. The standard InChI is InChI=1S/C17H22N2O2/c1-17(2)11-6-9-14(17)16(21)19-15-10-5-8-13(18-15)7-3-4-12-20/h5,8,10,14,20H,4,6,9,11-12H2,1-2H3,(H,18,19,21). The second kappa shape index (κ2) is 6.73. The summed E-state index contributed by atoms with van der Waals surface area (Å²) in [5.41, 5.74) is 0.662. The van der Waals surface area contributed by atoms with Crippen LogP contribution in [0.2, 0.25) is 0 Å². The maximum atomic E-state index is 12.4. The van der Waals surface area contributed by atoms with Crippen LogP contribution in [-0.4, -0.2) is 22.6 Å². The molecule has 1 aliphatic rings. The van der Waals surface area contributed by atoms with Crippen molar-refractivity contribution in [1.29, 1.82) is 0 Å². The van der Waals surface area contributed by atoms with Crippen molar-refractivity contribution in [3.63, 3.8) is 0 Å². The summed E-state index contributed by atoms with van der Waals surface area (Å²) in [6.45, 7) is 4.34. The number of hydrogen-bond acceptors (Lipinski definition) is 3. The molecule has 0 aromatic carbocycles. The number of aliphatic hydroxyl groups is 1. The minimum atomic E-state index is 0.0419. The molecule has 1 aliphatic carbocycles. The fraction of sp³-hybridized carbons (Fsp3) is 0.529. The number of nitrogens with one attached hydrogen (secondary N) is 1. The maximum Gasteiger partial charge on any atom is 0.229 e. The largest absolute Gasteiger partial charge is 0.395 e. The van der Waals surface area contributed by atoms with Crippen molar-refractivity contribution in [3.8, 4) is 11.8 Å². The molecular formula is C17H22N2O2. The minimum absolute atomic E-state index is 0.0419. The average molecular weight is 286 g/mol. The Hall–Kier alpha value is -1.86. The number of aliphatic hydroxyl groups excluding tert-OH is 1. The Morgan fingerprint density at radius 3 is 3.00 bits per heavy atom. The van der Waals surface area contributed by atoms with Crippen molar-refractivity contribution in [2.45, 2.75) is 39.5 Å². The minimum Gasteiger partial charge on any atom is -0.395 e. The predicted octanol–water partition coefficient (Wildman–Crippen LogP) is 2.58. The Balaban J connectivity index is 2.05. The lowest BCUT2D eigenvalue weighted by molar-refractivity contribution is -0.122. The van der Waals surface area contributed by atoms with Gasteiger partial charge in [0.25, 0.3) is 0 Å². The van der Waals surface area contributed by atoms with Gasteiger partial charge in [0.15, 0.2) is 0 Å². The molecule has 0 radical (unpaired) electrons. The Bertz CT molecular complexity index is 570. The first-order valence-corrected chi connectivity index (χ1v) is 7.40. The third-order valence-corrected chi connectivity index (χ3v) is 4.03. The summed E-state index contributed by atoms with van der Waals surface area (Å²) in [4.78, 5) is 16.7. The molecule has 4 nitrogen and oxygen atoms in total. The van der Waals surface area contributed by atoms with Gasteiger partial charge in [-0.15, -0.1) is 0 Å². The summed E-state index contributed by atoms with van der Waals surface area (Å²) in [6.07, 6.45) is 3.56. The number of anilines is 1. The second-order valence-corrected chi connectivity index (χ2v) is 6.11. The van der Waals surface area contributed by atoms with Crippen molar-refractivity contribution >= 4 is 11.7 Å². The molecule has 1 heterocycles. The number of rotatable bonds is 3. The van der Waals surface area contributed by atoms with E-state index in [9.17, 15) is 4.79 Å². The molecule has 1 amide bonds. The molecule has 4 heteroatoms. The van der Waals surface area contributed by atoms with E-state index >= 15 is 0 Å². The molecule has 112 valence electrons. The summed E-state index contributed by atoms with van der Waals surface area (Å²) in [7, 11) is 0.